The fourth-order valence-corrected chi connectivity index (χ4v) is 4.33. The van der Waals surface area contributed by atoms with E-state index in [9.17, 15) is 28.3 Å². The molecule has 4 rings (SSSR count). The summed E-state index contributed by atoms with van der Waals surface area (Å²) in [6.07, 6.45) is 1.96. The Morgan fingerprint density at radius 2 is 1.77 bits per heavy atom. The molecular weight excluding hydrogens is 508 g/mol. The topological polar surface area (TPSA) is 117 Å². The maximum atomic E-state index is 14.1. The Kier molecular flexibility index (Phi) is 8.10. The van der Waals surface area contributed by atoms with E-state index in [1.54, 1.807) is 37.4 Å². The number of aromatic nitrogens is 3. The minimum absolute atomic E-state index is 0.180. The average molecular weight is 536 g/mol. The molecule has 2 aromatic heterocycles. The van der Waals surface area contributed by atoms with Crippen molar-refractivity contribution in [3.8, 4) is 11.3 Å². The molecule has 11 heteroatoms. The number of pyridine rings is 1. The van der Waals surface area contributed by atoms with Crippen molar-refractivity contribution in [1.29, 1.82) is 0 Å². The zero-order chi connectivity index (χ0) is 28.3. The van der Waals surface area contributed by atoms with Crippen molar-refractivity contribution in [1.82, 2.24) is 25.0 Å². The third kappa shape index (κ3) is 5.99. The Morgan fingerprint density at radius 3 is 2.44 bits per heavy atom. The Morgan fingerprint density at radius 1 is 1.08 bits per heavy atom. The van der Waals surface area contributed by atoms with E-state index in [1.165, 1.54) is 10.9 Å². The van der Waals surface area contributed by atoms with Gasteiger partial charge in [0.15, 0.2) is 0 Å². The first-order chi connectivity index (χ1) is 18.6. The van der Waals surface area contributed by atoms with Crippen LogP contribution in [0.2, 0.25) is 0 Å². The molecule has 0 aliphatic heterocycles. The maximum absolute atomic E-state index is 14.1. The van der Waals surface area contributed by atoms with E-state index in [-0.39, 0.29) is 12.0 Å². The number of carboxylic acids is 1. The molecule has 1 atom stereocenters. The van der Waals surface area contributed by atoms with Crippen LogP contribution in [0.1, 0.15) is 21.6 Å². The summed E-state index contributed by atoms with van der Waals surface area (Å²) in [6.45, 7) is 0.733. The quantitative estimate of drug-likeness (QED) is 0.339. The van der Waals surface area contributed by atoms with E-state index in [0.29, 0.717) is 39.7 Å². The van der Waals surface area contributed by atoms with Crippen LogP contribution in [0.5, 0.6) is 0 Å². The fourth-order valence-electron chi connectivity index (χ4n) is 4.33. The lowest BCUT2D eigenvalue weighted by molar-refractivity contribution is -0.139. The molecule has 0 saturated carbocycles. The van der Waals surface area contributed by atoms with E-state index in [0.717, 1.165) is 24.7 Å². The molecule has 0 bridgehead atoms. The van der Waals surface area contributed by atoms with E-state index in [1.807, 2.05) is 19.0 Å². The fraction of sp³-hybridized carbons (Fsp3) is 0.250. The average Bonchev–Trinajstić information content (AvgIpc) is 2.88. The summed E-state index contributed by atoms with van der Waals surface area (Å²) in [4.78, 5) is 44.1. The molecule has 9 nitrogen and oxygen atoms in total. The highest BCUT2D eigenvalue weighted by Crippen LogP contribution is 2.28. The number of likely N-dealkylation sites (N-methyl/N-ethyl adjacent to an activating group) is 1. The highest BCUT2D eigenvalue weighted by molar-refractivity contribution is 5.98. The number of nitrogens with zero attached hydrogens (tertiary/aromatic N) is 4. The molecule has 0 unspecified atom stereocenters. The van der Waals surface area contributed by atoms with Gasteiger partial charge in [-0.2, -0.15) is 5.10 Å². The second-order valence-electron chi connectivity index (χ2n) is 9.37. The van der Waals surface area contributed by atoms with Gasteiger partial charge in [-0.15, -0.1) is 0 Å². The van der Waals surface area contributed by atoms with Crippen molar-refractivity contribution in [3.63, 3.8) is 0 Å². The summed E-state index contributed by atoms with van der Waals surface area (Å²) >= 11 is 0. The number of rotatable bonds is 9. The standard InChI is InChI=1S/C28H27F2N5O4/c1-34(2)13-11-17-15-20(27(37)35(3)33-17)25-19-7-4-6-16(18(19)10-12-31-25)14-23(28(38)39)32-26(36)24-21(29)8-5-9-22(24)30/h4-10,12,15,23H,11,13-14H2,1-3H3,(H,32,36)(H,38,39)/t23-/m0/s1. The Balaban J connectivity index is 1.72. The van der Waals surface area contributed by atoms with Crippen molar-refractivity contribution >= 4 is 22.6 Å². The smallest absolute Gasteiger partial charge is 0.326 e. The largest absolute Gasteiger partial charge is 0.480 e. The van der Waals surface area contributed by atoms with Crippen LogP contribution < -0.4 is 10.9 Å². The monoisotopic (exact) mass is 535 g/mol. The van der Waals surface area contributed by atoms with Crippen LogP contribution in [-0.2, 0) is 24.7 Å². The first-order valence-electron chi connectivity index (χ1n) is 12.1. The Hall–Kier alpha value is -4.51. The third-order valence-electron chi connectivity index (χ3n) is 6.30. The van der Waals surface area contributed by atoms with Gasteiger partial charge in [0, 0.05) is 38.0 Å². The van der Waals surface area contributed by atoms with Gasteiger partial charge in [0.05, 0.1) is 17.0 Å². The number of halogens is 2. The molecule has 2 aromatic carbocycles. The van der Waals surface area contributed by atoms with Crippen LogP contribution in [-0.4, -0.2) is 63.3 Å². The molecule has 0 fully saturated rings. The number of hydrogen-bond acceptors (Lipinski definition) is 6. The molecule has 2 N–H and O–H groups in total. The number of carbonyl (C=O) groups excluding carboxylic acids is 1. The van der Waals surface area contributed by atoms with Gasteiger partial charge >= 0.3 is 5.97 Å². The molecule has 202 valence electrons. The highest BCUT2D eigenvalue weighted by atomic mass is 19.1. The first-order valence-corrected chi connectivity index (χ1v) is 12.1. The number of hydrogen-bond donors (Lipinski definition) is 2. The predicted molar refractivity (Wildman–Crippen MR) is 141 cm³/mol. The SMILES string of the molecule is CN(C)CCc1cc(-c2nccc3c(C[C@H](NC(=O)c4c(F)cccc4F)C(=O)O)cccc23)c(=O)n(C)n1. The van der Waals surface area contributed by atoms with Crippen LogP contribution in [0.3, 0.4) is 0 Å². The molecule has 0 spiro atoms. The van der Waals surface area contributed by atoms with E-state index in [2.05, 4.69) is 15.4 Å². The summed E-state index contributed by atoms with van der Waals surface area (Å²) in [5, 5.41) is 17.6. The van der Waals surface area contributed by atoms with Gasteiger partial charge in [0.1, 0.15) is 23.2 Å². The van der Waals surface area contributed by atoms with Gasteiger partial charge in [-0.05, 0) is 49.3 Å². The number of carbonyl (C=O) groups is 2. The number of aliphatic carboxylic acids is 1. The maximum Gasteiger partial charge on any atom is 0.326 e. The van der Waals surface area contributed by atoms with E-state index in [4.69, 9.17) is 0 Å². The Bertz CT molecular complexity index is 1600. The van der Waals surface area contributed by atoms with Gasteiger partial charge < -0.3 is 15.3 Å². The zero-order valence-corrected chi connectivity index (χ0v) is 21.6. The van der Waals surface area contributed by atoms with Gasteiger partial charge in [-0.1, -0.05) is 24.3 Å². The predicted octanol–water partition coefficient (Wildman–Crippen LogP) is 2.80. The second-order valence-corrected chi connectivity index (χ2v) is 9.37. The van der Waals surface area contributed by atoms with Crippen LogP contribution in [0.4, 0.5) is 8.78 Å². The number of benzene rings is 2. The summed E-state index contributed by atoms with van der Waals surface area (Å²) in [6, 6.07) is 10.0. The zero-order valence-electron chi connectivity index (χ0n) is 21.6. The van der Waals surface area contributed by atoms with Gasteiger partial charge in [-0.25, -0.2) is 18.3 Å². The van der Waals surface area contributed by atoms with E-state index >= 15 is 0 Å². The lowest BCUT2D eigenvalue weighted by Gasteiger charge is -2.17. The van der Waals surface area contributed by atoms with Crippen molar-refractivity contribution in [2.24, 2.45) is 7.05 Å². The number of amides is 1. The summed E-state index contributed by atoms with van der Waals surface area (Å²) in [7, 11) is 5.45. The van der Waals surface area contributed by atoms with Crippen LogP contribution in [0.25, 0.3) is 22.0 Å². The minimum Gasteiger partial charge on any atom is -0.480 e. The third-order valence-corrected chi connectivity index (χ3v) is 6.30. The lowest BCUT2D eigenvalue weighted by Crippen LogP contribution is -2.43. The number of aryl methyl sites for hydroxylation is 1. The summed E-state index contributed by atoms with van der Waals surface area (Å²) in [5.74, 6) is -4.74. The van der Waals surface area contributed by atoms with Crippen LogP contribution >= 0.6 is 0 Å². The molecule has 39 heavy (non-hydrogen) atoms. The molecule has 0 saturated heterocycles. The van der Waals surface area contributed by atoms with Gasteiger partial charge in [-0.3, -0.25) is 14.6 Å². The summed E-state index contributed by atoms with van der Waals surface area (Å²) < 4.78 is 29.4. The first kappa shape index (κ1) is 27.5. The number of carboxylic acid groups (broad SMARTS) is 1. The van der Waals surface area contributed by atoms with Gasteiger partial charge in [0.25, 0.3) is 11.5 Å². The molecule has 0 aliphatic carbocycles. The molecule has 1 amide bonds. The molecule has 0 aliphatic rings. The molecular formula is C28H27F2N5O4. The number of nitrogens with one attached hydrogen (secondary N) is 1. The normalized spacial score (nSPS) is 12.1. The highest BCUT2D eigenvalue weighted by Gasteiger charge is 2.26. The lowest BCUT2D eigenvalue weighted by atomic mass is 9.96. The van der Waals surface area contributed by atoms with Crippen molar-refractivity contribution in [2.45, 2.75) is 18.9 Å². The Labute approximate surface area is 222 Å². The van der Waals surface area contributed by atoms with Crippen LogP contribution in [0.15, 0.2) is 59.5 Å². The summed E-state index contributed by atoms with van der Waals surface area (Å²) in [5.41, 5.74) is 0.819. The van der Waals surface area contributed by atoms with Crippen molar-refractivity contribution in [3.05, 3.63) is 93.5 Å². The van der Waals surface area contributed by atoms with Crippen molar-refractivity contribution in [2.75, 3.05) is 20.6 Å². The van der Waals surface area contributed by atoms with Gasteiger partial charge in [0.2, 0.25) is 0 Å². The molecule has 4 aromatic rings. The van der Waals surface area contributed by atoms with E-state index < -0.39 is 35.1 Å². The number of fused-ring (bicyclic) bond motifs is 1. The molecule has 0 radical (unpaired) electrons. The minimum atomic E-state index is -1.48. The van der Waals surface area contributed by atoms with Crippen molar-refractivity contribution < 1.29 is 23.5 Å². The van der Waals surface area contributed by atoms with Crippen LogP contribution in [0, 0.1) is 11.6 Å². The second kappa shape index (κ2) is 11.5. The molecule has 2 heterocycles.